The molecule has 0 bridgehead atoms. The van der Waals surface area contributed by atoms with E-state index in [4.69, 9.17) is 0 Å². The smallest absolute Gasteiger partial charge is 0.344 e. The third-order valence-electron chi connectivity index (χ3n) is 2.42. The van der Waals surface area contributed by atoms with Crippen molar-refractivity contribution in [1.82, 2.24) is 19.7 Å². The fourth-order valence-corrected chi connectivity index (χ4v) is 2.52. The summed E-state index contributed by atoms with van der Waals surface area (Å²) in [4.78, 5) is 26.1. The van der Waals surface area contributed by atoms with Crippen molar-refractivity contribution in [3.05, 3.63) is 34.5 Å². The third-order valence-corrected chi connectivity index (χ3v) is 3.37. The van der Waals surface area contributed by atoms with Crippen LogP contribution in [-0.4, -0.2) is 31.3 Å². The van der Waals surface area contributed by atoms with Gasteiger partial charge in [0.25, 0.3) is 0 Å². The van der Waals surface area contributed by atoms with Crippen LogP contribution in [-0.2, 0) is 0 Å². The normalized spacial score (nSPS) is 11.1. The number of hydrogen-bond donors (Lipinski definition) is 2. The van der Waals surface area contributed by atoms with Crippen molar-refractivity contribution in [3.63, 3.8) is 0 Å². The van der Waals surface area contributed by atoms with Gasteiger partial charge in [-0.05, 0) is 26.0 Å². The largest absolute Gasteiger partial charge is 0.359 e. The van der Waals surface area contributed by atoms with E-state index in [0.29, 0.717) is 10.9 Å². The molecule has 0 aliphatic rings. The Morgan fingerprint density at radius 1 is 1.56 bits per heavy atom. The van der Waals surface area contributed by atoms with Gasteiger partial charge in [0.05, 0.1) is 11.4 Å². The minimum absolute atomic E-state index is 0.0133. The Morgan fingerprint density at radius 2 is 2.33 bits per heavy atom. The van der Waals surface area contributed by atoms with Gasteiger partial charge in [-0.25, -0.2) is 9.89 Å². The van der Waals surface area contributed by atoms with Crippen LogP contribution in [0.5, 0.6) is 0 Å². The topological polar surface area (TPSA) is 83.5 Å². The summed E-state index contributed by atoms with van der Waals surface area (Å²) < 4.78 is 1.53. The van der Waals surface area contributed by atoms with Gasteiger partial charge in [-0.1, -0.05) is 11.8 Å². The predicted molar refractivity (Wildman–Crippen MR) is 69.1 cm³/mol. The van der Waals surface area contributed by atoms with Gasteiger partial charge in [-0.2, -0.15) is 0 Å². The molecule has 0 saturated heterocycles. The van der Waals surface area contributed by atoms with Crippen molar-refractivity contribution >= 4 is 17.5 Å². The van der Waals surface area contributed by atoms with E-state index in [1.54, 1.807) is 18.3 Å². The molecular formula is C11H14N4O2S. The van der Waals surface area contributed by atoms with Crippen LogP contribution in [0.3, 0.4) is 0 Å². The lowest BCUT2D eigenvalue weighted by Gasteiger charge is -2.07. The van der Waals surface area contributed by atoms with E-state index in [2.05, 4.69) is 15.2 Å². The van der Waals surface area contributed by atoms with E-state index in [9.17, 15) is 9.59 Å². The van der Waals surface area contributed by atoms with Crippen LogP contribution >= 0.6 is 11.8 Å². The molecule has 0 radical (unpaired) electrons. The van der Waals surface area contributed by atoms with Gasteiger partial charge in [-0.3, -0.25) is 9.36 Å². The molecular weight excluding hydrogens is 252 g/mol. The summed E-state index contributed by atoms with van der Waals surface area (Å²) in [5.41, 5.74) is 0.316. The van der Waals surface area contributed by atoms with Gasteiger partial charge in [0.2, 0.25) is 0 Å². The van der Waals surface area contributed by atoms with Crippen LogP contribution in [0.4, 0.5) is 0 Å². The first-order chi connectivity index (χ1) is 8.59. The summed E-state index contributed by atoms with van der Waals surface area (Å²) in [5, 5.41) is 6.85. The van der Waals surface area contributed by atoms with E-state index >= 15 is 0 Å². The molecule has 0 atom stereocenters. The zero-order valence-electron chi connectivity index (χ0n) is 10.1. The van der Waals surface area contributed by atoms with Crippen LogP contribution in [0.2, 0.25) is 0 Å². The fraction of sp³-hybridized carbons (Fsp3) is 0.364. The number of rotatable bonds is 5. The molecule has 2 aromatic heterocycles. The number of ketones is 1. The number of carbonyl (C=O) groups is 1. The van der Waals surface area contributed by atoms with Crippen LogP contribution in [0.15, 0.2) is 28.3 Å². The summed E-state index contributed by atoms with van der Waals surface area (Å²) in [7, 11) is 0. The number of Topliss-reactive ketones (excluding diaryl/α,β-unsaturated/α-hetero) is 1. The first-order valence-electron chi connectivity index (χ1n) is 5.56. The number of hydrogen-bond acceptors (Lipinski definition) is 4. The summed E-state index contributed by atoms with van der Waals surface area (Å²) in [6.45, 7) is 3.79. The maximum Gasteiger partial charge on any atom is 0.344 e. The van der Waals surface area contributed by atoms with Crippen molar-refractivity contribution in [1.29, 1.82) is 0 Å². The maximum atomic E-state index is 11.8. The van der Waals surface area contributed by atoms with Crippen LogP contribution in [0, 0.1) is 0 Å². The standard InChI is InChI=1S/C11H14N4O2S/c1-7(2)15-10(17)13-14-11(15)18-6-9(16)8-4-3-5-12-8/h3-5,7,12H,6H2,1-2H3,(H,13,17). The Hall–Kier alpha value is -1.76. The second-order valence-corrected chi connectivity index (χ2v) is 5.01. The summed E-state index contributed by atoms with van der Waals surface area (Å²) in [5.74, 6) is 0.230. The highest BCUT2D eigenvalue weighted by Gasteiger charge is 2.14. The molecule has 2 N–H and O–H groups in total. The predicted octanol–water partition coefficient (Wildman–Crippen LogP) is 1.46. The minimum atomic E-state index is -0.250. The molecule has 0 unspecified atom stereocenters. The quantitative estimate of drug-likeness (QED) is 0.634. The van der Waals surface area contributed by atoms with E-state index in [-0.39, 0.29) is 23.3 Å². The zero-order chi connectivity index (χ0) is 13.1. The molecule has 18 heavy (non-hydrogen) atoms. The van der Waals surface area contributed by atoms with Gasteiger partial charge in [-0.15, -0.1) is 5.10 Å². The molecule has 0 spiro atoms. The summed E-state index contributed by atoms with van der Waals surface area (Å²) >= 11 is 1.25. The second-order valence-electron chi connectivity index (χ2n) is 4.07. The van der Waals surface area contributed by atoms with Gasteiger partial charge in [0.1, 0.15) is 0 Å². The van der Waals surface area contributed by atoms with Crippen LogP contribution in [0.1, 0.15) is 30.4 Å². The highest BCUT2D eigenvalue weighted by atomic mass is 32.2. The summed E-state index contributed by atoms with van der Waals surface area (Å²) in [6.07, 6.45) is 1.70. The minimum Gasteiger partial charge on any atom is -0.359 e. The Morgan fingerprint density at radius 3 is 2.94 bits per heavy atom. The van der Waals surface area contributed by atoms with E-state index in [1.165, 1.54) is 16.3 Å². The van der Waals surface area contributed by atoms with Crippen LogP contribution < -0.4 is 5.69 Å². The molecule has 7 heteroatoms. The number of nitrogens with one attached hydrogen (secondary N) is 2. The summed E-state index contributed by atoms with van der Waals surface area (Å²) in [6, 6.07) is 3.51. The average Bonchev–Trinajstić information content (AvgIpc) is 2.94. The molecule has 0 aliphatic carbocycles. The monoisotopic (exact) mass is 266 g/mol. The molecule has 96 valence electrons. The molecule has 0 fully saturated rings. The highest BCUT2D eigenvalue weighted by Crippen LogP contribution is 2.17. The Bertz CT molecular complexity index is 582. The number of carbonyl (C=O) groups excluding carboxylic acids is 1. The molecule has 2 heterocycles. The van der Waals surface area contributed by atoms with Gasteiger partial charge < -0.3 is 4.98 Å². The number of H-pyrrole nitrogens is 2. The SMILES string of the molecule is CC(C)n1c(SCC(=O)c2ccc[nH]2)n[nH]c1=O. The average molecular weight is 266 g/mol. The third kappa shape index (κ3) is 2.56. The molecule has 0 aromatic carbocycles. The molecule has 0 aliphatic heterocycles. The molecule has 2 rings (SSSR count). The van der Waals surface area contributed by atoms with Crippen molar-refractivity contribution in [3.8, 4) is 0 Å². The zero-order valence-corrected chi connectivity index (χ0v) is 11.0. The maximum absolute atomic E-state index is 11.8. The van der Waals surface area contributed by atoms with Crippen molar-refractivity contribution in [2.75, 3.05) is 5.75 Å². The number of aromatic nitrogens is 4. The lowest BCUT2D eigenvalue weighted by Crippen LogP contribution is -2.19. The van der Waals surface area contributed by atoms with E-state index in [0.717, 1.165) is 0 Å². The van der Waals surface area contributed by atoms with Crippen molar-refractivity contribution in [2.24, 2.45) is 0 Å². The lowest BCUT2D eigenvalue weighted by molar-refractivity contribution is 0.101. The Labute approximate surface area is 108 Å². The lowest BCUT2D eigenvalue weighted by atomic mass is 10.3. The Balaban J connectivity index is 2.07. The molecule has 0 saturated carbocycles. The number of aromatic amines is 2. The van der Waals surface area contributed by atoms with Crippen molar-refractivity contribution in [2.45, 2.75) is 25.0 Å². The molecule has 0 amide bonds. The van der Waals surface area contributed by atoms with Gasteiger partial charge in [0.15, 0.2) is 10.9 Å². The van der Waals surface area contributed by atoms with Crippen molar-refractivity contribution < 1.29 is 4.79 Å². The van der Waals surface area contributed by atoms with E-state index in [1.807, 2.05) is 13.8 Å². The number of thioether (sulfide) groups is 1. The first kappa shape index (κ1) is 12.7. The highest BCUT2D eigenvalue weighted by molar-refractivity contribution is 7.99. The Kier molecular flexibility index (Phi) is 3.71. The van der Waals surface area contributed by atoms with Gasteiger partial charge in [0, 0.05) is 12.2 Å². The first-order valence-corrected chi connectivity index (χ1v) is 6.54. The van der Waals surface area contributed by atoms with Gasteiger partial charge >= 0.3 is 5.69 Å². The molecule has 2 aromatic rings. The molecule has 6 nitrogen and oxygen atoms in total. The fourth-order valence-electron chi connectivity index (χ4n) is 1.56. The van der Waals surface area contributed by atoms with Crippen LogP contribution in [0.25, 0.3) is 0 Å². The second kappa shape index (κ2) is 5.26. The van der Waals surface area contributed by atoms with E-state index < -0.39 is 0 Å². The number of nitrogens with zero attached hydrogens (tertiary/aromatic N) is 2.